The van der Waals surface area contributed by atoms with Gasteiger partial charge in [-0.3, -0.25) is 19.7 Å². The van der Waals surface area contributed by atoms with E-state index in [4.69, 9.17) is 4.74 Å². The number of methoxy groups -OCH3 is 1. The minimum atomic E-state index is 0.0182. The summed E-state index contributed by atoms with van der Waals surface area (Å²) in [5.74, 6) is 0.944. The van der Waals surface area contributed by atoms with Gasteiger partial charge in [-0.05, 0) is 37.1 Å². The highest BCUT2D eigenvalue weighted by atomic mass is 16.5. The zero-order valence-electron chi connectivity index (χ0n) is 15.8. The van der Waals surface area contributed by atoms with Crippen molar-refractivity contribution in [1.29, 1.82) is 0 Å². The van der Waals surface area contributed by atoms with Crippen LogP contribution >= 0.6 is 0 Å². The van der Waals surface area contributed by atoms with Crippen LogP contribution in [0.3, 0.4) is 0 Å². The zero-order chi connectivity index (χ0) is 19.3. The fraction of sp³-hybridized carbons (Fsp3) is 0.273. The summed E-state index contributed by atoms with van der Waals surface area (Å²) in [5, 5.41) is 0. The topological polar surface area (TPSA) is 68.2 Å². The average molecular weight is 374 g/mol. The maximum absolute atomic E-state index is 12.8. The van der Waals surface area contributed by atoms with Crippen molar-refractivity contribution in [3.63, 3.8) is 0 Å². The predicted octanol–water partition coefficient (Wildman–Crippen LogP) is 3.57. The molecule has 0 N–H and O–H groups in total. The van der Waals surface area contributed by atoms with E-state index >= 15 is 0 Å². The van der Waals surface area contributed by atoms with Crippen LogP contribution in [0.25, 0.3) is 11.3 Å². The van der Waals surface area contributed by atoms with Gasteiger partial charge in [0.15, 0.2) is 0 Å². The summed E-state index contributed by atoms with van der Waals surface area (Å²) in [6.45, 7) is 1.38. The highest BCUT2D eigenvalue weighted by Crippen LogP contribution is 2.33. The monoisotopic (exact) mass is 374 g/mol. The van der Waals surface area contributed by atoms with Crippen LogP contribution in [0.1, 0.15) is 34.8 Å². The number of pyridine rings is 1. The van der Waals surface area contributed by atoms with Crippen LogP contribution in [-0.4, -0.2) is 46.0 Å². The fourth-order valence-corrected chi connectivity index (χ4v) is 3.70. The van der Waals surface area contributed by atoms with Crippen LogP contribution in [0, 0.1) is 0 Å². The lowest BCUT2D eigenvalue weighted by Gasteiger charge is -2.33. The van der Waals surface area contributed by atoms with Gasteiger partial charge in [-0.15, -0.1) is 0 Å². The number of carbonyl (C=O) groups excluding carboxylic acids is 1. The number of benzene rings is 1. The van der Waals surface area contributed by atoms with E-state index < -0.39 is 0 Å². The van der Waals surface area contributed by atoms with Crippen molar-refractivity contribution in [2.45, 2.75) is 18.8 Å². The highest BCUT2D eigenvalue weighted by Gasteiger charge is 2.28. The van der Waals surface area contributed by atoms with Gasteiger partial charge in [0.25, 0.3) is 5.91 Å². The summed E-state index contributed by atoms with van der Waals surface area (Å²) < 4.78 is 5.35. The molecule has 0 aliphatic carbocycles. The molecule has 1 aromatic carbocycles. The predicted molar refractivity (Wildman–Crippen MR) is 106 cm³/mol. The molecule has 1 aliphatic heterocycles. The molecule has 1 fully saturated rings. The van der Waals surface area contributed by atoms with Crippen molar-refractivity contribution in [3.8, 4) is 17.0 Å². The van der Waals surface area contributed by atoms with E-state index in [1.807, 2.05) is 35.2 Å². The molecule has 1 saturated heterocycles. The van der Waals surface area contributed by atoms with E-state index in [1.54, 1.807) is 38.0 Å². The summed E-state index contributed by atoms with van der Waals surface area (Å²) >= 11 is 0. The molecule has 6 nitrogen and oxygen atoms in total. The molecular formula is C22H22N4O2. The maximum atomic E-state index is 12.8. The number of carbonyl (C=O) groups is 1. The molecule has 0 radical (unpaired) electrons. The third-order valence-electron chi connectivity index (χ3n) is 5.07. The number of nitrogens with zero attached hydrogens (tertiary/aromatic N) is 4. The lowest BCUT2D eigenvalue weighted by Crippen LogP contribution is -2.39. The number of aromatic nitrogens is 3. The summed E-state index contributed by atoms with van der Waals surface area (Å²) in [6, 6.07) is 11.4. The van der Waals surface area contributed by atoms with Crippen molar-refractivity contribution in [2.75, 3.05) is 20.2 Å². The summed E-state index contributed by atoms with van der Waals surface area (Å²) in [7, 11) is 1.65. The standard InChI is InChI=1S/C22H22N4O2/c1-28-19-8-2-5-16(13-19)20-21(25-11-10-24-20)18-7-4-12-26(15-18)22(27)17-6-3-9-23-14-17/h2-3,5-6,8-11,13-14,18H,4,7,12,15H2,1H3/t18-/m1/s1. The van der Waals surface area contributed by atoms with E-state index in [1.165, 1.54) is 0 Å². The van der Waals surface area contributed by atoms with Gasteiger partial charge in [-0.2, -0.15) is 0 Å². The maximum Gasteiger partial charge on any atom is 0.255 e. The Hall–Kier alpha value is -3.28. The minimum Gasteiger partial charge on any atom is -0.497 e. The first-order valence-electron chi connectivity index (χ1n) is 9.41. The van der Waals surface area contributed by atoms with Crippen LogP contribution in [-0.2, 0) is 0 Å². The summed E-state index contributed by atoms with van der Waals surface area (Å²) in [5.41, 5.74) is 3.37. The van der Waals surface area contributed by atoms with Crippen LogP contribution in [0.15, 0.2) is 61.2 Å². The Labute approximate surface area is 164 Å². The lowest BCUT2D eigenvalue weighted by molar-refractivity contribution is 0.0705. The molecule has 0 saturated carbocycles. The van der Waals surface area contributed by atoms with E-state index in [2.05, 4.69) is 15.0 Å². The molecule has 142 valence electrons. The van der Waals surface area contributed by atoms with Gasteiger partial charge >= 0.3 is 0 Å². The number of likely N-dealkylation sites (tertiary alicyclic amines) is 1. The van der Waals surface area contributed by atoms with Gasteiger partial charge < -0.3 is 9.64 Å². The number of ether oxygens (including phenoxy) is 1. The van der Waals surface area contributed by atoms with Crippen LogP contribution in [0.5, 0.6) is 5.75 Å². The van der Waals surface area contributed by atoms with Gasteiger partial charge in [-0.25, -0.2) is 0 Å². The molecule has 1 atom stereocenters. The summed E-state index contributed by atoms with van der Waals surface area (Å²) in [4.78, 5) is 28.1. The Morgan fingerprint density at radius 2 is 2.04 bits per heavy atom. The second kappa shape index (κ2) is 8.17. The molecule has 0 spiro atoms. The van der Waals surface area contributed by atoms with E-state index in [0.29, 0.717) is 12.1 Å². The molecule has 3 heterocycles. The van der Waals surface area contributed by atoms with Gasteiger partial charge in [-0.1, -0.05) is 12.1 Å². The van der Waals surface area contributed by atoms with Crippen molar-refractivity contribution in [3.05, 3.63) is 72.4 Å². The first-order chi connectivity index (χ1) is 13.8. The summed E-state index contributed by atoms with van der Waals surface area (Å²) in [6.07, 6.45) is 8.64. The second-order valence-electron chi connectivity index (χ2n) is 6.85. The Morgan fingerprint density at radius 1 is 1.14 bits per heavy atom. The van der Waals surface area contributed by atoms with Crippen molar-refractivity contribution >= 4 is 5.91 Å². The highest BCUT2D eigenvalue weighted by molar-refractivity contribution is 5.94. The number of rotatable bonds is 4. The van der Waals surface area contributed by atoms with Gasteiger partial charge in [0.1, 0.15) is 5.75 Å². The molecule has 28 heavy (non-hydrogen) atoms. The Balaban J connectivity index is 1.62. The van der Waals surface area contributed by atoms with Crippen LogP contribution < -0.4 is 4.74 Å². The molecule has 2 aromatic heterocycles. The Morgan fingerprint density at radius 3 is 2.86 bits per heavy atom. The number of amides is 1. The quantitative estimate of drug-likeness (QED) is 0.698. The van der Waals surface area contributed by atoms with Gasteiger partial charge in [0.05, 0.1) is 24.1 Å². The zero-order valence-corrected chi connectivity index (χ0v) is 15.8. The van der Waals surface area contributed by atoms with Crippen molar-refractivity contribution in [1.82, 2.24) is 19.9 Å². The largest absolute Gasteiger partial charge is 0.497 e. The lowest BCUT2D eigenvalue weighted by atomic mass is 9.91. The molecule has 0 unspecified atom stereocenters. The molecular weight excluding hydrogens is 352 g/mol. The molecule has 1 amide bonds. The smallest absolute Gasteiger partial charge is 0.255 e. The van der Waals surface area contributed by atoms with E-state index in [0.717, 1.165) is 42.1 Å². The minimum absolute atomic E-state index is 0.0182. The molecule has 3 aromatic rings. The fourth-order valence-electron chi connectivity index (χ4n) is 3.70. The molecule has 6 heteroatoms. The number of hydrogen-bond donors (Lipinski definition) is 0. The van der Waals surface area contributed by atoms with Crippen molar-refractivity contribution < 1.29 is 9.53 Å². The first-order valence-corrected chi connectivity index (χ1v) is 9.41. The Kier molecular flexibility index (Phi) is 5.28. The third-order valence-corrected chi connectivity index (χ3v) is 5.07. The third kappa shape index (κ3) is 3.71. The SMILES string of the molecule is COc1cccc(-c2nccnc2[C@@H]2CCCN(C(=O)c3cccnc3)C2)c1. The second-order valence-corrected chi connectivity index (χ2v) is 6.85. The van der Waals surface area contributed by atoms with Crippen molar-refractivity contribution in [2.24, 2.45) is 0 Å². The van der Waals surface area contributed by atoms with E-state index in [-0.39, 0.29) is 11.8 Å². The molecule has 0 bridgehead atoms. The van der Waals surface area contributed by atoms with Gasteiger partial charge in [0, 0.05) is 49.4 Å². The first kappa shape index (κ1) is 18.1. The van der Waals surface area contributed by atoms with Crippen LogP contribution in [0.2, 0.25) is 0 Å². The number of hydrogen-bond acceptors (Lipinski definition) is 5. The molecule has 1 aliphatic rings. The Bertz CT molecular complexity index is 962. The van der Waals surface area contributed by atoms with E-state index in [9.17, 15) is 4.79 Å². The van der Waals surface area contributed by atoms with Crippen LogP contribution in [0.4, 0.5) is 0 Å². The average Bonchev–Trinajstić information content (AvgIpc) is 2.79. The van der Waals surface area contributed by atoms with Gasteiger partial charge in [0.2, 0.25) is 0 Å². The molecule has 4 rings (SSSR count). The normalized spacial score (nSPS) is 16.6. The number of piperidine rings is 1.